The Labute approximate surface area is 146 Å². The van der Waals surface area contributed by atoms with E-state index < -0.39 is 0 Å². The minimum Gasteiger partial charge on any atom is -0.497 e. The van der Waals surface area contributed by atoms with Gasteiger partial charge in [-0.15, -0.1) is 0 Å². The Bertz CT molecular complexity index is 914. The number of carbonyl (C=O) groups is 1. The molecule has 0 aliphatic carbocycles. The molecule has 5 nitrogen and oxygen atoms in total. The van der Waals surface area contributed by atoms with E-state index in [-0.39, 0.29) is 18.1 Å². The van der Waals surface area contributed by atoms with Crippen molar-refractivity contribution in [1.29, 1.82) is 0 Å². The van der Waals surface area contributed by atoms with Crippen LogP contribution in [0.2, 0.25) is 0 Å². The number of aromatic nitrogens is 1. The molecule has 0 saturated carbocycles. The van der Waals surface area contributed by atoms with Crippen LogP contribution in [0.5, 0.6) is 5.75 Å². The number of fused-ring (bicyclic) bond motifs is 3. The molecule has 1 aliphatic rings. The molecule has 1 aromatic heterocycles. The zero-order chi connectivity index (χ0) is 17.4. The molecule has 0 bridgehead atoms. The summed E-state index contributed by atoms with van der Waals surface area (Å²) >= 11 is 0. The molecule has 0 amide bonds. The number of esters is 1. The van der Waals surface area contributed by atoms with Crippen molar-refractivity contribution >= 4 is 16.9 Å². The number of rotatable bonds is 3. The lowest BCUT2D eigenvalue weighted by Gasteiger charge is -2.30. The summed E-state index contributed by atoms with van der Waals surface area (Å²) in [6.45, 7) is 0. The summed E-state index contributed by atoms with van der Waals surface area (Å²) in [6, 6.07) is 15.6. The van der Waals surface area contributed by atoms with Crippen molar-refractivity contribution in [3.8, 4) is 5.75 Å². The minimum absolute atomic E-state index is 0.105. The summed E-state index contributed by atoms with van der Waals surface area (Å²) in [7, 11) is 3.08. The molecule has 1 unspecified atom stereocenters. The maximum absolute atomic E-state index is 12.2. The van der Waals surface area contributed by atoms with Crippen LogP contribution in [-0.2, 0) is 16.0 Å². The molecule has 0 fully saturated rings. The second-order valence-electron chi connectivity index (χ2n) is 6.22. The molecule has 0 saturated heterocycles. The molecule has 2 aromatic carbocycles. The van der Waals surface area contributed by atoms with Crippen molar-refractivity contribution in [2.75, 3.05) is 14.2 Å². The van der Waals surface area contributed by atoms with Gasteiger partial charge in [0.05, 0.1) is 20.3 Å². The Hall–Kier alpha value is -2.79. The topological polar surface area (TPSA) is 63.4 Å². The number of hydrogen-bond donors (Lipinski definition) is 2. The maximum atomic E-state index is 12.2. The molecule has 3 aromatic rings. The first kappa shape index (κ1) is 15.7. The molecule has 128 valence electrons. The number of aromatic amines is 1. The molecule has 0 spiro atoms. The zero-order valence-electron chi connectivity index (χ0n) is 14.2. The highest BCUT2D eigenvalue weighted by Gasteiger charge is 2.34. The van der Waals surface area contributed by atoms with Crippen LogP contribution in [0.25, 0.3) is 10.9 Å². The average Bonchev–Trinajstić information content (AvgIpc) is 3.05. The third kappa shape index (κ3) is 2.66. The first-order valence-electron chi connectivity index (χ1n) is 8.28. The van der Waals surface area contributed by atoms with E-state index in [9.17, 15) is 4.79 Å². The predicted molar refractivity (Wildman–Crippen MR) is 95.8 cm³/mol. The molecule has 4 rings (SSSR count). The maximum Gasteiger partial charge on any atom is 0.323 e. The average molecular weight is 336 g/mol. The van der Waals surface area contributed by atoms with Crippen LogP contribution in [0.3, 0.4) is 0 Å². The van der Waals surface area contributed by atoms with Gasteiger partial charge < -0.3 is 14.5 Å². The lowest BCUT2D eigenvalue weighted by atomic mass is 9.90. The fraction of sp³-hybridized carbons (Fsp3) is 0.250. The van der Waals surface area contributed by atoms with Gasteiger partial charge in [0.1, 0.15) is 11.8 Å². The summed E-state index contributed by atoms with van der Waals surface area (Å²) in [5.74, 6) is 0.565. The molecule has 1 aliphatic heterocycles. The lowest BCUT2D eigenvalue weighted by Crippen LogP contribution is -2.45. The monoisotopic (exact) mass is 336 g/mol. The van der Waals surface area contributed by atoms with Crippen molar-refractivity contribution in [1.82, 2.24) is 10.3 Å². The summed E-state index contributed by atoms with van der Waals surface area (Å²) < 4.78 is 10.2. The van der Waals surface area contributed by atoms with Crippen molar-refractivity contribution < 1.29 is 14.3 Å². The molecule has 2 N–H and O–H groups in total. The van der Waals surface area contributed by atoms with Crippen molar-refractivity contribution in [2.24, 2.45) is 0 Å². The highest BCUT2D eigenvalue weighted by atomic mass is 16.5. The van der Waals surface area contributed by atoms with Gasteiger partial charge >= 0.3 is 5.97 Å². The number of methoxy groups -OCH3 is 2. The first-order valence-corrected chi connectivity index (χ1v) is 8.28. The standard InChI is InChI=1S/C20H20N2O3/c1-24-13-9-7-12(8-10-13)18-19-15(11-17(22-18)20(23)25-2)14-5-3-4-6-16(14)21-19/h3-10,17-18,21-22H,11H2,1-2H3/t17-,18?/m1/s1. The van der Waals surface area contributed by atoms with Gasteiger partial charge in [0, 0.05) is 23.0 Å². The fourth-order valence-corrected chi connectivity index (χ4v) is 3.59. The third-order valence-electron chi connectivity index (χ3n) is 4.85. The van der Waals surface area contributed by atoms with Crippen LogP contribution in [-0.4, -0.2) is 31.2 Å². The summed E-state index contributed by atoms with van der Waals surface area (Å²) in [4.78, 5) is 15.7. The second kappa shape index (κ2) is 6.26. The van der Waals surface area contributed by atoms with Gasteiger partial charge in [-0.25, -0.2) is 0 Å². The summed E-state index contributed by atoms with van der Waals surface area (Å²) in [5, 5.41) is 4.59. The number of ether oxygens (including phenoxy) is 2. The van der Waals surface area contributed by atoms with E-state index in [1.165, 1.54) is 12.7 Å². The molecule has 2 heterocycles. The van der Waals surface area contributed by atoms with Gasteiger partial charge in [-0.05, 0) is 29.3 Å². The van der Waals surface area contributed by atoms with E-state index in [1.54, 1.807) is 7.11 Å². The van der Waals surface area contributed by atoms with Gasteiger partial charge in [0.25, 0.3) is 0 Å². The zero-order valence-corrected chi connectivity index (χ0v) is 14.2. The van der Waals surface area contributed by atoms with Crippen molar-refractivity contribution in [3.05, 3.63) is 65.4 Å². The third-order valence-corrected chi connectivity index (χ3v) is 4.85. The van der Waals surface area contributed by atoms with Crippen LogP contribution in [0.1, 0.15) is 22.9 Å². The Kier molecular flexibility index (Phi) is 3.93. The Balaban J connectivity index is 1.83. The Morgan fingerprint density at radius 3 is 2.56 bits per heavy atom. The first-order chi connectivity index (χ1) is 12.2. The largest absolute Gasteiger partial charge is 0.497 e. The van der Waals surface area contributed by atoms with Gasteiger partial charge in [-0.3, -0.25) is 10.1 Å². The number of benzene rings is 2. The van der Waals surface area contributed by atoms with Crippen molar-refractivity contribution in [2.45, 2.75) is 18.5 Å². The van der Waals surface area contributed by atoms with Crippen molar-refractivity contribution in [3.63, 3.8) is 0 Å². The predicted octanol–water partition coefficient (Wildman–Crippen LogP) is 2.95. The molecule has 0 radical (unpaired) electrons. The number of carbonyl (C=O) groups excluding carboxylic acids is 1. The van der Waals surface area contributed by atoms with E-state index in [4.69, 9.17) is 9.47 Å². The van der Waals surface area contributed by atoms with Gasteiger partial charge in [-0.2, -0.15) is 0 Å². The van der Waals surface area contributed by atoms with Gasteiger partial charge in [-0.1, -0.05) is 30.3 Å². The number of para-hydroxylation sites is 1. The summed E-state index contributed by atoms with van der Waals surface area (Å²) in [5.41, 5.74) is 4.43. The van der Waals surface area contributed by atoms with E-state index in [0.717, 1.165) is 27.9 Å². The Morgan fingerprint density at radius 1 is 1.08 bits per heavy atom. The Morgan fingerprint density at radius 2 is 1.84 bits per heavy atom. The van der Waals surface area contributed by atoms with Crippen LogP contribution in [0.4, 0.5) is 0 Å². The fourth-order valence-electron chi connectivity index (χ4n) is 3.59. The van der Waals surface area contributed by atoms with Gasteiger partial charge in [0.15, 0.2) is 0 Å². The van der Waals surface area contributed by atoms with E-state index in [2.05, 4.69) is 22.4 Å². The second-order valence-corrected chi connectivity index (χ2v) is 6.22. The van der Waals surface area contributed by atoms with Gasteiger partial charge in [0.2, 0.25) is 0 Å². The highest BCUT2D eigenvalue weighted by molar-refractivity contribution is 5.87. The molecule has 2 atom stereocenters. The molecule has 25 heavy (non-hydrogen) atoms. The normalized spacial score (nSPS) is 19.4. The SMILES string of the molecule is COC(=O)[C@H]1Cc2c([nH]c3ccccc23)C(c2ccc(OC)cc2)N1. The molecular weight excluding hydrogens is 316 g/mol. The van der Waals surface area contributed by atoms with Crippen LogP contribution < -0.4 is 10.1 Å². The smallest absolute Gasteiger partial charge is 0.323 e. The van der Waals surface area contributed by atoms with E-state index in [0.29, 0.717) is 6.42 Å². The lowest BCUT2D eigenvalue weighted by molar-refractivity contribution is -0.143. The number of H-pyrrole nitrogens is 1. The highest BCUT2D eigenvalue weighted by Crippen LogP contribution is 2.35. The number of hydrogen-bond acceptors (Lipinski definition) is 4. The number of nitrogens with one attached hydrogen (secondary N) is 2. The van der Waals surface area contributed by atoms with Crippen LogP contribution in [0.15, 0.2) is 48.5 Å². The van der Waals surface area contributed by atoms with Crippen LogP contribution >= 0.6 is 0 Å². The van der Waals surface area contributed by atoms with E-state index >= 15 is 0 Å². The van der Waals surface area contributed by atoms with E-state index in [1.807, 2.05) is 36.4 Å². The quantitative estimate of drug-likeness (QED) is 0.722. The van der Waals surface area contributed by atoms with Crippen LogP contribution in [0, 0.1) is 0 Å². The summed E-state index contributed by atoms with van der Waals surface area (Å²) in [6.07, 6.45) is 0.610. The molecular formula is C20H20N2O3. The molecule has 5 heteroatoms. The minimum atomic E-state index is -0.371.